The molecule has 0 saturated heterocycles. The fourth-order valence-electron chi connectivity index (χ4n) is 1.56. The summed E-state index contributed by atoms with van der Waals surface area (Å²) in [5.41, 5.74) is -0.951. The van der Waals surface area contributed by atoms with Crippen LogP contribution >= 0.6 is 0 Å². The Balaban J connectivity index is 2.61. The Labute approximate surface area is 116 Å². The molecule has 1 rings (SSSR count). The molecule has 1 heterocycles. The smallest absolute Gasteiger partial charge is 0.370 e. The van der Waals surface area contributed by atoms with Gasteiger partial charge >= 0.3 is 6.18 Å². The largest absolute Gasteiger partial charge is 0.433 e. The second kappa shape index (κ2) is 7.28. The summed E-state index contributed by atoms with van der Waals surface area (Å²) in [6, 6.07) is 0.923. The van der Waals surface area contributed by atoms with Gasteiger partial charge in [0.1, 0.15) is 5.82 Å². The fraction of sp³-hybridized carbons (Fsp3) is 0.667. The maximum Gasteiger partial charge on any atom is 0.433 e. The van der Waals surface area contributed by atoms with Crippen LogP contribution in [0, 0.1) is 0 Å². The normalized spacial score (nSPS) is 11.8. The monoisotopic (exact) mass is 291 g/mol. The van der Waals surface area contributed by atoms with E-state index in [4.69, 9.17) is 0 Å². The number of unbranched alkanes of at least 4 members (excludes halogenated alkanes) is 1. The molecule has 0 amide bonds. The van der Waals surface area contributed by atoms with E-state index >= 15 is 0 Å². The molecular weight excluding hydrogens is 271 g/mol. The second-order valence-corrected chi connectivity index (χ2v) is 4.65. The van der Waals surface area contributed by atoms with E-state index in [-0.39, 0.29) is 11.8 Å². The summed E-state index contributed by atoms with van der Waals surface area (Å²) >= 11 is 0. The summed E-state index contributed by atoms with van der Waals surface area (Å²) in [6.45, 7) is 1.52. The van der Waals surface area contributed by atoms with E-state index in [9.17, 15) is 13.2 Å². The highest BCUT2D eigenvalue weighted by Crippen LogP contribution is 2.29. The zero-order chi connectivity index (χ0) is 15.2. The zero-order valence-electron chi connectivity index (χ0n) is 11.9. The van der Waals surface area contributed by atoms with Gasteiger partial charge in [-0.05, 0) is 33.5 Å². The minimum absolute atomic E-state index is 0.0457. The maximum absolute atomic E-state index is 12.7. The van der Waals surface area contributed by atoms with Gasteiger partial charge in [-0.25, -0.2) is 4.98 Å². The van der Waals surface area contributed by atoms with Gasteiger partial charge in [-0.3, -0.25) is 0 Å². The zero-order valence-corrected chi connectivity index (χ0v) is 11.9. The van der Waals surface area contributed by atoms with E-state index in [1.54, 1.807) is 0 Å². The number of nitrogens with one attached hydrogen (secondary N) is 2. The Bertz CT molecular complexity index is 420. The van der Waals surface area contributed by atoms with Gasteiger partial charge in [-0.1, -0.05) is 0 Å². The molecule has 114 valence electrons. The topological polar surface area (TPSA) is 53.1 Å². The summed E-state index contributed by atoms with van der Waals surface area (Å²) in [5.74, 6) is 0.136. The molecule has 8 heteroatoms. The van der Waals surface area contributed by atoms with E-state index in [1.165, 1.54) is 7.05 Å². The molecule has 1 aromatic heterocycles. The van der Waals surface area contributed by atoms with Gasteiger partial charge in [-0.2, -0.15) is 18.2 Å². The summed E-state index contributed by atoms with van der Waals surface area (Å²) in [5, 5.41) is 5.42. The fourth-order valence-corrected chi connectivity index (χ4v) is 1.56. The van der Waals surface area contributed by atoms with E-state index in [0.717, 1.165) is 25.5 Å². The van der Waals surface area contributed by atoms with Crippen LogP contribution in [0.4, 0.5) is 24.9 Å². The first-order chi connectivity index (χ1) is 9.32. The van der Waals surface area contributed by atoms with Gasteiger partial charge in [0.2, 0.25) is 5.95 Å². The van der Waals surface area contributed by atoms with Crippen LogP contribution in [-0.2, 0) is 6.18 Å². The van der Waals surface area contributed by atoms with E-state index in [0.29, 0.717) is 6.54 Å². The van der Waals surface area contributed by atoms with Crippen molar-refractivity contribution >= 4 is 11.8 Å². The Morgan fingerprint density at radius 1 is 1.20 bits per heavy atom. The lowest BCUT2D eigenvalue weighted by Gasteiger charge is -2.12. The number of hydrogen-bond donors (Lipinski definition) is 2. The summed E-state index contributed by atoms with van der Waals surface area (Å²) in [4.78, 5) is 9.41. The standard InChI is InChI=1S/C12H20F3N5/c1-16-11-18-9(12(13,14)15)8-10(19-11)17-6-4-5-7-20(2)3/h8H,4-7H2,1-3H3,(H2,16,17,18,19). The van der Waals surface area contributed by atoms with Gasteiger partial charge in [0, 0.05) is 19.7 Å². The maximum atomic E-state index is 12.7. The Kier molecular flexibility index (Phi) is 6.00. The molecule has 0 saturated carbocycles. The molecule has 0 unspecified atom stereocenters. The van der Waals surface area contributed by atoms with E-state index < -0.39 is 11.9 Å². The van der Waals surface area contributed by atoms with Gasteiger partial charge < -0.3 is 15.5 Å². The van der Waals surface area contributed by atoms with Crippen molar-refractivity contribution in [2.45, 2.75) is 19.0 Å². The summed E-state index contributed by atoms with van der Waals surface area (Å²) < 4.78 is 38.0. The summed E-state index contributed by atoms with van der Waals surface area (Å²) in [7, 11) is 5.44. The third-order valence-electron chi connectivity index (χ3n) is 2.58. The number of hydrogen-bond acceptors (Lipinski definition) is 5. The number of halogens is 3. The molecule has 1 aromatic rings. The molecule has 0 fully saturated rings. The Morgan fingerprint density at radius 3 is 2.45 bits per heavy atom. The first-order valence-corrected chi connectivity index (χ1v) is 6.35. The van der Waals surface area contributed by atoms with Crippen LogP contribution in [0.5, 0.6) is 0 Å². The molecular formula is C12H20F3N5. The molecule has 0 spiro atoms. The summed E-state index contributed by atoms with van der Waals surface area (Å²) in [6.07, 6.45) is -2.65. The Morgan fingerprint density at radius 2 is 1.90 bits per heavy atom. The lowest BCUT2D eigenvalue weighted by atomic mass is 10.3. The van der Waals surface area contributed by atoms with Gasteiger partial charge in [0.05, 0.1) is 0 Å². The van der Waals surface area contributed by atoms with Crippen molar-refractivity contribution in [1.82, 2.24) is 14.9 Å². The average Bonchev–Trinajstić information content (AvgIpc) is 2.36. The molecule has 0 aliphatic carbocycles. The van der Waals surface area contributed by atoms with Crippen molar-refractivity contribution < 1.29 is 13.2 Å². The molecule has 0 aliphatic rings. The average molecular weight is 291 g/mol. The van der Waals surface area contributed by atoms with Crippen LogP contribution in [0.15, 0.2) is 6.07 Å². The van der Waals surface area contributed by atoms with Crippen molar-refractivity contribution in [3.8, 4) is 0 Å². The highest BCUT2D eigenvalue weighted by molar-refractivity contribution is 5.42. The molecule has 2 N–H and O–H groups in total. The SMILES string of the molecule is CNc1nc(NCCCCN(C)C)cc(C(F)(F)F)n1. The van der Waals surface area contributed by atoms with Crippen molar-refractivity contribution in [1.29, 1.82) is 0 Å². The first-order valence-electron chi connectivity index (χ1n) is 6.35. The van der Waals surface area contributed by atoms with E-state index in [1.807, 2.05) is 14.1 Å². The van der Waals surface area contributed by atoms with Crippen LogP contribution in [0.3, 0.4) is 0 Å². The molecule has 5 nitrogen and oxygen atoms in total. The quantitative estimate of drug-likeness (QED) is 0.755. The van der Waals surface area contributed by atoms with Crippen LogP contribution < -0.4 is 10.6 Å². The van der Waals surface area contributed by atoms with Crippen LogP contribution in [0.1, 0.15) is 18.5 Å². The minimum atomic E-state index is -4.48. The lowest BCUT2D eigenvalue weighted by molar-refractivity contribution is -0.141. The van der Waals surface area contributed by atoms with Crippen molar-refractivity contribution in [3.63, 3.8) is 0 Å². The number of anilines is 2. The van der Waals surface area contributed by atoms with Crippen LogP contribution in [-0.4, -0.2) is 49.1 Å². The highest BCUT2D eigenvalue weighted by atomic mass is 19.4. The van der Waals surface area contributed by atoms with Crippen molar-refractivity contribution in [3.05, 3.63) is 11.8 Å². The third-order valence-corrected chi connectivity index (χ3v) is 2.58. The number of alkyl halides is 3. The minimum Gasteiger partial charge on any atom is -0.370 e. The molecule has 20 heavy (non-hydrogen) atoms. The molecule has 0 atom stereocenters. The van der Waals surface area contributed by atoms with Crippen molar-refractivity contribution in [2.75, 3.05) is 44.9 Å². The lowest BCUT2D eigenvalue weighted by Crippen LogP contribution is -2.15. The van der Waals surface area contributed by atoms with Gasteiger partial charge in [-0.15, -0.1) is 0 Å². The van der Waals surface area contributed by atoms with Crippen LogP contribution in [0.25, 0.3) is 0 Å². The predicted molar refractivity (Wildman–Crippen MR) is 72.9 cm³/mol. The molecule has 0 radical (unpaired) electrons. The molecule has 0 aliphatic heterocycles. The second-order valence-electron chi connectivity index (χ2n) is 4.65. The predicted octanol–water partition coefficient (Wildman–Crippen LogP) is 2.29. The molecule has 0 aromatic carbocycles. The van der Waals surface area contributed by atoms with Gasteiger partial charge in [0.25, 0.3) is 0 Å². The van der Waals surface area contributed by atoms with E-state index in [2.05, 4.69) is 25.5 Å². The van der Waals surface area contributed by atoms with Gasteiger partial charge in [0.15, 0.2) is 5.69 Å². The Hall–Kier alpha value is -1.57. The highest BCUT2D eigenvalue weighted by Gasteiger charge is 2.33. The molecule has 0 bridgehead atoms. The van der Waals surface area contributed by atoms with Crippen molar-refractivity contribution in [2.24, 2.45) is 0 Å². The number of nitrogens with zero attached hydrogens (tertiary/aromatic N) is 3. The number of rotatable bonds is 7. The number of aromatic nitrogens is 2. The third kappa shape index (κ3) is 5.60. The first kappa shape index (κ1) is 16.5. The van der Waals surface area contributed by atoms with Crippen LogP contribution in [0.2, 0.25) is 0 Å².